The molecule has 0 aliphatic carbocycles. The van der Waals surface area contributed by atoms with Crippen LogP contribution in [0, 0.1) is 0 Å². The van der Waals surface area contributed by atoms with Gasteiger partial charge in [0.2, 0.25) is 11.8 Å². The predicted octanol–water partition coefficient (Wildman–Crippen LogP) is 4.72. The molecule has 1 unspecified atom stereocenters. The molecule has 0 aromatic heterocycles. The first-order valence-corrected chi connectivity index (χ1v) is 13.2. The molecule has 0 aliphatic rings. The molecule has 3 aromatic carbocycles. The highest BCUT2D eigenvalue weighted by atomic mass is 35.5. The third kappa shape index (κ3) is 6.65. The molecular formula is C26H25ClF3N3O4S. The van der Waals surface area contributed by atoms with Crippen molar-refractivity contribution in [3.8, 4) is 0 Å². The van der Waals surface area contributed by atoms with Crippen molar-refractivity contribution in [3.63, 3.8) is 0 Å². The Hall–Kier alpha value is -3.57. The minimum atomic E-state index is -4.79. The van der Waals surface area contributed by atoms with Crippen LogP contribution in [0.25, 0.3) is 0 Å². The fraction of sp³-hybridized carbons (Fsp3) is 0.231. The number of carbonyl (C=O) groups excluding carboxylic acids is 2. The van der Waals surface area contributed by atoms with Gasteiger partial charge in [-0.1, -0.05) is 60.1 Å². The van der Waals surface area contributed by atoms with Crippen LogP contribution in [0.1, 0.15) is 18.1 Å². The summed E-state index contributed by atoms with van der Waals surface area (Å²) in [6.45, 7) is 0.503. The average molecular weight is 568 g/mol. The van der Waals surface area contributed by atoms with E-state index in [1.165, 1.54) is 38.2 Å². The molecule has 0 saturated heterocycles. The average Bonchev–Trinajstić information content (AvgIpc) is 2.90. The summed E-state index contributed by atoms with van der Waals surface area (Å²) in [5, 5.41) is 2.14. The Balaban J connectivity index is 2.12. The van der Waals surface area contributed by atoms with E-state index in [9.17, 15) is 31.2 Å². The molecule has 0 radical (unpaired) electrons. The lowest BCUT2D eigenvalue weighted by molar-refractivity contribution is -0.139. The molecule has 38 heavy (non-hydrogen) atoms. The molecular weight excluding hydrogens is 543 g/mol. The Bertz CT molecular complexity index is 1390. The zero-order chi connectivity index (χ0) is 28.1. The van der Waals surface area contributed by atoms with Crippen LogP contribution in [0.5, 0.6) is 0 Å². The minimum absolute atomic E-state index is 0.0518. The first-order valence-electron chi connectivity index (χ1n) is 11.4. The second-order valence-electron chi connectivity index (χ2n) is 8.29. The normalized spacial score (nSPS) is 12.5. The zero-order valence-electron chi connectivity index (χ0n) is 20.4. The number of nitrogens with one attached hydrogen (secondary N) is 1. The molecule has 7 nitrogen and oxygen atoms in total. The molecule has 0 heterocycles. The van der Waals surface area contributed by atoms with Crippen molar-refractivity contribution >= 4 is 39.1 Å². The van der Waals surface area contributed by atoms with Crippen LogP contribution in [0.3, 0.4) is 0 Å². The summed E-state index contributed by atoms with van der Waals surface area (Å²) in [5.74, 6) is -1.33. The van der Waals surface area contributed by atoms with Gasteiger partial charge in [0.1, 0.15) is 12.6 Å². The van der Waals surface area contributed by atoms with Gasteiger partial charge in [0.15, 0.2) is 0 Å². The largest absolute Gasteiger partial charge is 0.416 e. The Morgan fingerprint density at radius 2 is 1.55 bits per heavy atom. The van der Waals surface area contributed by atoms with E-state index in [0.717, 1.165) is 17.0 Å². The number of hydrogen-bond acceptors (Lipinski definition) is 4. The predicted molar refractivity (Wildman–Crippen MR) is 138 cm³/mol. The number of carbonyl (C=O) groups is 2. The Labute approximate surface area is 223 Å². The van der Waals surface area contributed by atoms with Gasteiger partial charge in [-0.05, 0) is 42.8 Å². The fourth-order valence-corrected chi connectivity index (χ4v) is 5.40. The minimum Gasteiger partial charge on any atom is -0.357 e. The Morgan fingerprint density at radius 3 is 2.11 bits per heavy atom. The lowest BCUT2D eigenvalue weighted by Gasteiger charge is -2.32. The van der Waals surface area contributed by atoms with Gasteiger partial charge in [-0.3, -0.25) is 13.9 Å². The number of likely N-dealkylation sites (N-methyl/N-ethyl adjacent to an activating group) is 1. The Morgan fingerprint density at radius 1 is 0.974 bits per heavy atom. The van der Waals surface area contributed by atoms with Gasteiger partial charge < -0.3 is 10.2 Å². The maximum absolute atomic E-state index is 13.7. The van der Waals surface area contributed by atoms with Crippen molar-refractivity contribution < 1.29 is 31.2 Å². The highest BCUT2D eigenvalue weighted by Crippen LogP contribution is 2.37. The molecule has 0 spiro atoms. The summed E-state index contributed by atoms with van der Waals surface area (Å²) in [5.41, 5.74) is -1.00. The third-order valence-corrected chi connectivity index (χ3v) is 7.86. The third-order valence-electron chi connectivity index (χ3n) is 5.76. The second kappa shape index (κ2) is 11.9. The van der Waals surface area contributed by atoms with Crippen LogP contribution < -0.4 is 9.62 Å². The molecule has 1 atom stereocenters. The van der Waals surface area contributed by atoms with Gasteiger partial charge >= 0.3 is 6.18 Å². The monoisotopic (exact) mass is 567 g/mol. The van der Waals surface area contributed by atoms with E-state index in [0.29, 0.717) is 15.9 Å². The quantitative estimate of drug-likeness (QED) is 0.405. The summed E-state index contributed by atoms with van der Waals surface area (Å²) in [6.07, 6.45) is -4.79. The summed E-state index contributed by atoms with van der Waals surface area (Å²) in [6, 6.07) is 16.8. The van der Waals surface area contributed by atoms with Gasteiger partial charge in [0.05, 0.1) is 21.2 Å². The van der Waals surface area contributed by atoms with Gasteiger partial charge in [0.25, 0.3) is 10.0 Å². The first kappa shape index (κ1) is 29.0. The number of alkyl halides is 3. The van der Waals surface area contributed by atoms with E-state index in [1.807, 2.05) is 0 Å². The van der Waals surface area contributed by atoms with Crippen LogP contribution in [0.4, 0.5) is 18.9 Å². The van der Waals surface area contributed by atoms with Gasteiger partial charge in [-0.25, -0.2) is 8.42 Å². The second-order valence-corrected chi connectivity index (χ2v) is 10.6. The van der Waals surface area contributed by atoms with Crippen molar-refractivity contribution in [3.05, 3.63) is 95.0 Å². The summed E-state index contributed by atoms with van der Waals surface area (Å²) >= 11 is 6.20. The highest BCUT2D eigenvalue weighted by molar-refractivity contribution is 7.92. The SMILES string of the molecule is CNC(=O)C(C)N(Cc1ccccc1)C(=O)CN(c1cc(C(F)(F)F)ccc1Cl)S(=O)(=O)c1ccccc1. The number of benzene rings is 3. The molecule has 0 fully saturated rings. The van der Waals surface area contributed by atoms with E-state index in [-0.39, 0.29) is 16.5 Å². The number of hydrogen-bond donors (Lipinski definition) is 1. The number of sulfonamides is 1. The standard InChI is InChI=1S/C26H25ClF3N3O4S/c1-18(25(35)31-2)32(16-19-9-5-3-6-10-19)24(34)17-33(38(36,37)21-11-7-4-8-12-21)23-15-20(26(28,29)30)13-14-22(23)27/h3-15,18H,16-17H2,1-2H3,(H,31,35). The van der Waals surface area contributed by atoms with E-state index in [4.69, 9.17) is 11.6 Å². The molecule has 12 heteroatoms. The first-order chi connectivity index (χ1) is 17.9. The number of rotatable bonds is 9. The van der Waals surface area contributed by atoms with Gasteiger partial charge in [0, 0.05) is 13.6 Å². The number of halogens is 4. The van der Waals surface area contributed by atoms with Crippen molar-refractivity contribution in [2.45, 2.75) is 30.6 Å². The zero-order valence-corrected chi connectivity index (χ0v) is 22.0. The summed E-state index contributed by atoms with van der Waals surface area (Å²) in [4.78, 5) is 27.0. The molecule has 0 aliphatic heterocycles. The number of anilines is 1. The van der Waals surface area contributed by atoms with Crippen LogP contribution in [-0.4, -0.2) is 44.8 Å². The van der Waals surface area contributed by atoms with E-state index >= 15 is 0 Å². The van der Waals surface area contributed by atoms with Crippen molar-refractivity contribution in [2.75, 3.05) is 17.9 Å². The summed E-state index contributed by atoms with van der Waals surface area (Å²) < 4.78 is 68.4. The molecule has 0 bridgehead atoms. The fourth-order valence-electron chi connectivity index (χ4n) is 3.68. The molecule has 3 aromatic rings. The van der Waals surface area contributed by atoms with Crippen molar-refractivity contribution in [2.24, 2.45) is 0 Å². The van der Waals surface area contributed by atoms with E-state index < -0.39 is 51.9 Å². The highest BCUT2D eigenvalue weighted by Gasteiger charge is 2.36. The maximum Gasteiger partial charge on any atom is 0.416 e. The lowest BCUT2D eigenvalue weighted by Crippen LogP contribution is -2.50. The van der Waals surface area contributed by atoms with Crippen LogP contribution in [-0.2, 0) is 32.3 Å². The molecule has 0 saturated carbocycles. The van der Waals surface area contributed by atoms with Crippen molar-refractivity contribution in [1.82, 2.24) is 10.2 Å². The van der Waals surface area contributed by atoms with Gasteiger partial charge in [-0.15, -0.1) is 0 Å². The van der Waals surface area contributed by atoms with Crippen molar-refractivity contribution in [1.29, 1.82) is 0 Å². The lowest BCUT2D eigenvalue weighted by atomic mass is 10.1. The summed E-state index contributed by atoms with van der Waals surface area (Å²) in [7, 11) is -3.17. The van der Waals surface area contributed by atoms with Gasteiger partial charge in [-0.2, -0.15) is 13.2 Å². The number of amides is 2. The number of nitrogens with zero attached hydrogens (tertiary/aromatic N) is 2. The molecule has 202 valence electrons. The topological polar surface area (TPSA) is 86.8 Å². The molecule has 2 amide bonds. The van der Waals surface area contributed by atoms with E-state index in [2.05, 4.69) is 5.32 Å². The van der Waals surface area contributed by atoms with Crippen LogP contribution in [0.15, 0.2) is 83.8 Å². The van der Waals surface area contributed by atoms with Crippen LogP contribution in [0.2, 0.25) is 5.02 Å². The maximum atomic E-state index is 13.7. The van der Waals surface area contributed by atoms with Crippen LogP contribution >= 0.6 is 11.6 Å². The molecule has 3 rings (SSSR count). The van der Waals surface area contributed by atoms with E-state index in [1.54, 1.807) is 36.4 Å². The smallest absolute Gasteiger partial charge is 0.357 e. The molecule has 1 N–H and O–H groups in total. The Kier molecular flexibility index (Phi) is 9.05.